The van der Waals surface area contributed by atoms with E-state index in [1.807, 2.05) is 6.92 Å². The van der Waals surface area contributed by atoms with Gasteiger partial charge in [0.2, 0.25) is 0 Å². The number of carbonyl (C=O) groups is 2. The molecule has 0 spiro atoms. The van der Waals surface area contributed by atoms with Gasteiger partial charge >= 0.3 is 5.97 Å². The second kappa shape index (κ2) is 10.1. The van der Waals surface area contributed by atoms with E-state index >= 15 is 0 Å². The van der Waals surface area contributed by atoms with Crippen molar-refractivity contribution in [2.24, 2.45) is 0 Å². The summed E-state index contributed by atoms with van der Waals surface area (Å²) in [5.74, 6) is 0.645. The van der Waals surface area contributed by atoms with Gasteiger partial charge in [-0.2, -0.15) is 0 Å². The molecule has 0 unspecified atom stereocenters. The van der Waals surface area contributed by atoms with Gasteiger partial charge in [0.15, 0.2) is 18.1 Å². The third kappa shape index (κ3) is 5.91. The van der Waals surface area contributed by atoms with Crippen LogP contribution in [0, 0.1) is 0 Å². The second-order valence-electron chi connectivity index (χ2n) is 5.57. The van der Waals surface area contributed by atoms with E-state index in [0.717, 1.165) is 6.42 Å². The molecule has 2 aromatic rings. The number of carbonyl (C=O) groups excluding carboxylic acids is 2. The molecule has 0 aliphatic carbocycles. The topological polar surface area (TPSA) is 83.1 Å². The van der Waals surface area contributed by atoms with Crippen molar-refractivity contribution >= 4 is 17.6 Å². The summed E-state index contributed by atoms with van der Waals surface area (Å²) in [6.45, 7) is 2.06. The summed E-state index contributed by atoms with van der Waals surface area (Å²) >= 11 is 0. The van der Waals surface area contributed by atoms with Gasteiger partial charge < -0.3 is 24.3 Å². The van der Waals surface area contributed by atoms with Crippen molar-refractivity contribution in [3.63, 3.8) is 0 Å². The molecule has 27 heavy (non-hydrogen) atoms. The van der Waals surface area contributed by atoms with E-state index in [2.05, 4.69) is 5.32 Å². The molecule has 2 aromatic carbocycles. The minimum atomic E-state index is -0.432. The first-order valence-corrected chi connectivity index (χ1v) is 8.49. The highest BCUT2D eigenvalue weighted by Gasteiger charge is 2.13. The van der Waals surface area contributed by atoms with Gasteiger partial charge in [-0.15, -0.1) is 0 Å². The van der Waals surface area contributed by atoms with E-state index in [1.54, 1.807) is 43.5 Å². The summed E-state index contributed by atoms with van der Waals surface area (Å²) < 4.78 is 20.9. The Morgan fingerprint density at radius 2 is 1.70 bits per heavy atom. The quantitative estimate of drug-likeness (QED) is 0.679. The van der Waals surface area contributed by atoms with E-state index in [1.165, 1.54) is 13.2 Å². The van der Waals surface area contributed by atoms with Crippen molar-refractivity contribution in [2.45, 2.75) is 13.3 Å². The summed E-state index contributed by atoms with van der Waals surface area (Å²) in [5.41, 5.74) is 0.987. The number of hydrogen-bond donors (Lipinski definition) is 1. The number of hydrogen-bond acceptors (Lipinski definition) is 6. The number of ether oxygens (including phenoxy) is 4. The molecule has 2 rings (SSSR count). The second-order valence-corrected chi connectivity index (χ2v) is 5.57. The third-order valence-corrected chi connectivity index (χ3v) is 3.57. The molecule has 7 nitrogen and oxygen atoms in total. The van der Waals surface area contributed by atoms with Crippen molar-refractivity contribution in [1.82, 2.24) is 0 Å². The Bertz CT molecular complexity index is 773. The van der Waals surface area contributed by atoms with Gasteiger partial charge in [0.1, 0.15) is 5.75 Å². The van der Waals surface area contributed by atoms with Crippen LogP contribution in [0.4, 0.5) is 5.69 Å². The molecule has 0 fully saturated rings. The fraction of sp³-hybridized carbons (Fsp3) is 0.300. The minimum absolute atomic E-state index is 0.206. The van der Waals surface area contributed by atoms with Crippen molar-refractivity contribution in [2.75, 3.05) is 32.8 Å². The van der Waals surface area contributed by atoms with Crippen LogP contribution in [-0.2, 0) is 9.53 Å². The molecule has 0 atom stereocenters. The van der Waals surface area contributed by atoms with Gasteiger partial charge in [0.25, 0.3) is 5.91 Å². The molecule has 0 bridgehead atoms. The lowest BCUT2D eigenvalue weighted by Gasteiger charge is -2.12. The fourth-order valence-corrected chi connectivity index (χ4v) is 2.21. The van der Waals surface area contributed by atoms with E-state index in [-0.39, 0.29) is 12.5 Å². The molecule has 7 heteroatoms. The normalized spacial score (nSPS) is 10.0. The average molecular weight is 373 g/mol. The van der Waals surface area contributed by atoms with Gasteiger partial charge in [-0.1, -0.05) is 6.92 Å². The maximum atomic E-state index is 12.1. The van der Waals surface area contributed by atoms with Crippen LogP contribution in [0.2, 0.25) is 0 Å². The maximum absolute atomic E-state index is 12.1. The van der Waals surface area contributed by atoms with Gasteiger partial charge in [0.05, 0.1) is 26.4 Å². The molecule has 144 valence electrons. The first-order chi connectivity index (χ1) is 13.1. The highest BCUT2D eigenvalue weighted by Crippen LogP contribution is 2.28. The standard InChI is InChI=1S/C20H23NO6/c1-4-11-26-20(23)14-5-10-17(18(12-14)25-3)27-13-19(22)21-15-6-8-16(24-2)9-7-15/h5-10,12H,4,11,13H2,1-3H3,(H,21,22). The molecule has 0 aromatic heterocycles. The van der Waals surface area contributed by atoms with Crippen molar-refractivity contribution < 1.29 is 28.5 Å². The van der Waals surface area contributed by atoms with Crippen LogP contribution in [0.15, 0.2) is 42.5 Å². The maximum Gasteiger partial charge on any atom is 0.338 e. The zero-order valence-electron chi connectivity index (χ0n) is 15.6. The summed E-state index contributed by atoms with van der Waals surface area (Å²) in [7, 11) is 3.03. The summed E-state index contributed by atoms with van der Waals surface area (Å²) in [5, 5.41) is 2.72. The molecule has 0 aliphatic heterocycles. The lowest BCUT2D eigenvalue weighted by Crippen LogP contribution is -2.20. The van der Waals surface area contributed by atoms with Gasteiger partial charge in [0, 0.05) is 5.69 Å². The molecule has 0 radical (unpaired) electrons. The van der Waals surface area contributed by atoms with Gasteiger partial charge in [-0.25, -0.2) is 4.79 Å². The Morgan fingerprint density at radius 3 is 2.33 bits per heavy atom. The van der Waals surface area contributed by atoms with E-state index in [9.17, 15) is 9.59 Å². The smallest absolute Gasteiger partial charge is 0.338 e. The highest BCUT2D eigenvalue weighted by atomic mass is 16.5. The average Bonchev–Trinajstić information content (AvgIpc) is 2.70. The van der Waals surface area contributed by atoms with Crippen LogP contribution in [0.5, 0.6) is 17.2 Å². The molecule has 1 N–H and O–H groups in total. The number of rotatable bonds is 9. The van der Waals surface area contributed by atoms with Gasteiger partial charge in [-0.3, -0.25) is 4.79 Å². The number of benzene rings is 2. The number of nitrogens with one attached hydrogen (secondary N) is 1. The lowest BCUT2D eigenvalue weighted by molar-refractivity contribution is -0.118. The molecule has 0 aliphatic rings. The first kappa shape index (κ1) is 20.1. The van der Waals surface area contributed by atoms with E-state index in [0.29, 0.717) is 35.1 Å². The largest absolute Gasteiger partial charge is 0.497 e. The molecular formula is C20H23NO6. The summed E-state index contributed by atoms with van der Waals surface area (Å²) in [6, 6.07) is 11.6. The van der Waals surface area contributed by atoms with Crippen LogP contribution >= 0.6 is 0 Å². The lowest BCUT2D eigenvalue weighted by atomic mass is 10.2. The van der Waals surface area contributed by atoms with E-state index < -0.39 is 5.97 Å². The molecular weight excluding hydrogens is 350 g/mol. The zero-order valence-corrected chi connectivity index (χ0v) is 15.6. The van der Waals surface area contributed by atoms with Crippen LogP contribution < -0.4 is 19.5 Å². The minimum Gasteiger partial charge on any atom is -0.497 e. The first-order valence-electron chi connectivity index (χ1n) is 8.49. The molecule has 0 saturated carbocycles. The van der Waals surface area contributed by atoms with Gasteiger partial charge in [-0.05, 0) is 48.9 Å². The van der Waals surface area contributed by atoms with Crippen molar-refractivity contribution in [3.05, 3.63) is 48.0 Å². The Kier molecular flexibility index (Phi) is 7.49. The number of anilines is 1. The Balaban J connectivity index is 1.95. The fourth-order valence-electron chi connectivity index (χ4n) is 2.21. The zero-order chi connectivity index (χ0) is 19.6. The Hall–Kier alpha value is -3.22. The predicted molar refractivity (Wildman–Crippen MR) is 101 cm³/mol. The third-order valence-electron chi connectivity index (χ3n) is 3.57. The van der Waals surface area contributed by atoms with Crippen LogP contribution in [0.3, 0.4) is 0 Å². The predicted octanol–water partition coefficient (Wildman–Crippen LogP) is 3.29. The highest BCUT2D eigenvalue weighted by molar-refractivity contribution is 5.92. The van der Waals surface area contributed by atoms with Crippen molar-refractivity contribution in [3.8, 4) is 17.2 Å². The van der Waals surface area contributed by atoms with E-state index in [4.69, 9.17) is 18.9 Å². The SMILES string of the molecule is CCCOC(=O)c1ccc(OCC(=O)Nc2ccc(OC)cc2)c(OC)c1. The molecule has 0 saturated heterocycles. The van der Waals surface area contributed by atoms with Crippen LogP contribution in [0.25, 0.3) is 0 Å². The molecule has 0 heterocycles. The van der Waals surface area contributed by atoms with Crippen LogP contribution in [0.1, 0.15) is 23.7 Å². The Labute approximate surface area is 158 Å². The van der Waals surface area contributed by atoms with Crippen LogP contribution in [-0.4, -0.2) is 39.3 Å². The Morgan fingerprint density at radius 1 is 0.963 bits per heavy atom. The summed E-state index contributed by atoms with van der Waals surface area (Å²) in [4.78, 5) is 24.0. The monoisotopic (exact) mass is 373 g/mol. The summed E-state index contributed by atoms with van der Waals surface area (Å²) in [6.07, 6.45) is 0.743. The van der Waals surface area contributed by atoms with Crippen molar-refractivity contribution in [1.29, 1.82) is 0 Å². The number of methoxy groups -OCH3 is 2. The number of amides is 1. The molecule has 1 amide bonds. The number of esters is 1.